The lowest BCUT2D eigenvalue weighted by atomic mass is 9.85. The van der Waals surface area contributed by atoms with Crippen molar-refractivity contribution in [3.8, 4) is 11.4 Å². The highest BCUT2D eigenvalue weighted by Gasteiger charge is 2.40. The van der Waals surface area contributed by atoms with E-state index >= 15 is 0 Å². The van der Waals surface area contributed by atoms with Crippen molar-refractivity contribution >= 4 is 16.9 Å². The molecule has 0 spiro atoms. The Bertz CT molecular complexity index is 1760. The Morgan fingerprint density at radius 2 is 1.71 bits per heavy atom. The molecule has 216 valence electrons. The Morgan fingerprint density at radius 3 is 2.45 bits per heavy atom. The van der Waals surface area contributed by atoms with E-state index in [2.05, 4.69) is 34.1 Å². The van der Waals surface area contributed by atoms with E-state index in [1.165, 1.54) is 11.6 Å². The molecule has 0 amide bonds. The third-order valence-corrected chi connectivity index (χ3v) is 9.12. The highest BCUT2D eigenvalue weighted by molar-refractivity contribution is 5.88. The molecule has 42 heavy (non-hydrogen) atoms. The van der Waals surface area contributed by atoms with Crippen molar-refractivity contribution in [3.05, 3.63) is 98.6 Å². The van der Waals surface area contributed by atoms with Crippen LogP contribution in [0.1, 0.15) is 47.6 Å². The number of pyridine rings is 2. The van der Waals surface area contributed by atoms with Gasteiger partial charge in [-0.2, -0.15) is 0 Å². The second-order valence-electron chi connectivity index (χ2n) is 11.7. The Hall–Kier alpha value is -3.92. The molecule has 1 N–H and O–H groups in total. The van der Waals surface area contributed by atoms with Gasteiger partial charge in [0, 0.05) is 50.2 Å². The van der Waals surface area contributed by atoms with Crippen molar-refractivity contribution in [1.29, 1.82) is 0 Å². The van der Waals surface area contributed by atoms with E-state index < -0.39 is 11.6 Å². The lowest BCUT2D eigenvalue weighted by Gasteiger charge is -2.35. The van der Waals surface area contributed by atoms with E-state index in [-0.39, 0.29) is 37.4 Å². The monoisotopic (exact) mass is 568 g/mol. The lowest BCUT2D eigenvalue weighted by Crippen LogP contribution is -2.45. The maximum absolute atomic E-state index is 14.6. The van der Waals surface area contributed by atoms with E-state index in [0.29, 0.717) is 34.6 Å². The van der Waals surface area contributed by atoms with E-state index in [9.17, 15) is 19.1 Å². The summed E-state index contributed by atoms with van der Waals surface area (Å²) < 4.78 is 21.5. The first kappa shape index (κ1) is 26.9. The molecule has 2 aromatic heterocycles. The molecule has 0 radical (unpaired) electrons. The molecular formula is C33H33FN4O4. The standard InChI is InChI=1S/C33H33FN4O4/c1-2-33(41)16-30(39)42-20-26-27(33)15-29-31-25(19-38(29)32(26)40)24(23-14-22(34)8-9-28(23)35-31)18-37-12-10-36(11-13-37)17-21-6-4-3-5-7-21/h3-9,14-15,41H,2,10-13,16-20H2,1H3. The van der Waals surface area contributed by atoms with Gasteiger partial charge < -0.3 is 14.4 Å². The molecule has 1 unspecified atom stereocenters. The summed E-state index contributed by atoms with van der Waals surface area (Å²) in [5.74, 6) is -0.856. The number of benzene rings is 2. The van der Waals surface area contributed by atoms with Crippen LogP contribution in [-0.4, -0.2) is 56.6 Å². The van der Waals surface area contributed by atoms with E-state index in [4.69, 9.17) is 9.72 Å². The molecule has 0 bridgehead atoms. The Morgan fingerprint density at radius 1 is 0.976 bits per heavy atom. The number of ether oxygens (including phenoxy) is 1. The number of rotatable bonds is 5. The average Bonchev–Trinajstić information content (AvgIpc) is 3.30. The van der Waals surface area contributed by atoms with E-state index in [1.807, 2.05) is 12.1 Å². The summed E-state index contributed by atoms with van der Waals surface area (Å²) >= 11 is 0. The van der Waals surface area contributed by atoms with Gasteiger partial charge in [0.15, 0.2) is 0 Å². The third kappa shape index (κ3) is 4.62. The summed E-state index contributed by atoms with van der Waals surface area (Å²) in [5.41, 5.74) is 4.04. The minimum absolute atomic E-state index is 0.174. The fourth-order valence-electron chi connectivity index (χ4n) is 6.68. The molecule has 2 aromatic carbocycles. The highest BCUT2D eigenvalue weighted by atomic mass is 19.1. The maximum Gasteiger partial charge on any atom is 0.309 e. The van der Waals surface area contributed by atoms with E-state index in [1.54, 1.807) is 23.6 Å². The molecule has 1 fully saturated rings. The molecule has 7 rings (SSSR count). The zero-order chi connectivity index (χ0) is 29.0. The number of piperazine rings is 1. The summed E-state index contributed by atoms with van der Waals surface area (Å²) in [7, 11) is 0. The van der Waals surface area contributed by atoms with Crippen LogP contribution in [0.4, 0.5) is 4.39 Å². The summed E-state index contributed by atoms with van der Waals surface area (Å²) in [6, 6.07) is 16.9. The van der Waals surface area contributed by atoms with Crippen molar-refractivity contribution in [3.63, 3.8) is 0 Å². The number of carbonyl (C=O) groups is 1. The van der Waals surface area contributed by atoms with Gasteiger partial charge in [0.1, 0.15) is 18.0 Å². The van der Waals surface area contributed by atoms with Gasteiger partial charge in [-0.05, 0) is 47.4 Å². The number of nitrogens with zero attached hydrogens (tertiary/aromatic N) is 4. The normalized spacial score (nSPS) is 20.6. The van der Waals surface area contributed by atoms with Gasteiger partial charge in [-0.15, -0.1) is 0 Å². The number of cyclic esters (lactones) is 1. The second-order valence-corrected chi connectivity index (χ2v) is 11.7. The number of carbonyl (C=O) groups excluding carboxylic acids is 1. The number of fused-ring (bicyclic) bond motifs is 5. The van der Waals surface area contributed by atoms with Crippen LogP contribution in [0.3, 0.4) is 0 Å². The van der Waals surface area contributed by atoms with Crippen LogP contribution in [0, 0.1) is 5.82 Å². The maximum atomic E-state index is 14.6. The van der Waals surface area contributed by atoms with Crippen LogP contribution in [-0.2, 0) is 41.4 Å². The van der Waals surface area contributed by atoms with Crippen LogP contribution in [0.2, 0.25) is 0 Å². The molecule has 5 heterocycles. The van der Waals surface area contributed by atoms with Crippen molar-refractivity contribution in [1.82, 2.24) is 19.4 Å². The summed E-state index contributed by atoms with van der Waals surface area (Å²) in [4.78, 5) is 35.9. The van der Waals surface area contributed by atoms with Gasteiger partial charge >= 0.3 is 5.97 Å². The summed E-state index contributed by atoms with van der Waals surface area (Å²) in [6.07, 6.45) is 0.0505. The largest absolute Gasteiger partial charge is 0.460 e. The molecule has 0 saturated carbocycles. The fourth-order valence-corrected chi connectivity index (χ4v) is 6.68. The third-order valence-electron chi connectivity index (χ3n) is 9.12. The van der Waals surface area contributed by atoms with Gasteiger partial charge in [-0.1, -0.05) is 37.3 Å². The minimum atomic E-state index is -1.50. The number of aromatic nitrogens is 2. The first-order valence-electron chi connectivity index (χ1n) is 14.6. The predicted molar refractivity (Wildman–Crippen MR) is 156 cm³/mol. The zero-order valence-electron chi connectivity index (χ0n) is 23.6. The van der Waals surface area contributed by atoms with Gasteiger partial charge in [0.25, 0.3) is 5.56 Å². The molecule has 1 atom stereocenters. The zero-order valence-corrected chi connectivity index (χ0v) is 23.6. The highest BCUT2D eigenvalue weighted by Crippen LogP contribution is 2.40. The molecule has 3 aliphatic rings. The van der Waals surface area contributed by atoms with Crippen LogP contribution >= 0.6 is 0 Å². The summed E-state index contributed by atoms with van der Waals surface area (Å²) in [6.45, 7) is 7.03. The number of hydrogen-bond acceptors (Lipinski definition) is 7. The summed E-state index contributed by atoms with van der Waals surface area (Å²) in [5, 5.41) is 12.2. The van der Waals surface area contributed by atoms with Crippen LogP contribution in [0.15, 0.2) is 59.4 Å². The average molecular weight is 569 g/mol. The molecule has 9 heteroatoms. The first-order chi connectivity index (χ1) is 20.3. The fraction of sp³-hybridized carbons (Fsp3) is 0.364. The molecule has 1 saturated heterocycles. The van der Waals surface area contributed by atoms with Crippen molar-refractivity contribution in [2.45, 2.75) is 51.6 Å². The molecule has 3 aliphatic heterocycles. The van der Waals surface area contributed by atoms with Crippen molar-refractivity contribution < 1.29 is 19.0 Å². The first-order valence-corrected chi connectivity index (χ1v) is 14.6. The molecule has 0 aliphatic carbocycles. The Labute approximate surface area is 243 Å². The van der Waals surface area contributed by atoms with Crippen molar-refractivity contribution in [2.75, 3.05) is 26.2 Å². The lowest BCUT2D eigenvalue weighted by molar-refractivity contribution is -0.149. The van der Waals surface area contributed by atoms with Crippen LogP contribution in [0.25, 0.3) is 22.3 Å². The Balaban J connectivity index is 1.26. The Kier molecular flexibility index (Phi) is 6.68. The SMILES string of the molecule is CCC1(O)CC(=O)OCc2c1cc1n(c2=O)Cc2c-1nc1ccc(F)cc1c2CN1CCN(Cc2ccccc2)CC1. The second kappa shape index (κ2) is 10.4. The number of hydrogen-bond donors (Lipinski definition) is 1. The number of halogens is 1. The minimum Gasteiger partial charge on any atom is -0.460 e. The molecule has 4 aromatic rings. The molecule has 8 nitrogen and oxygen atoms in total. The van der Waals surface area contributed by atoms with Gasteiger partial charge in [-0.25, -0.2) is 9.37 Å². The van der Waals surface area contributed by atoms with Gasteiger partial charge in [-0.3, -0.25) is 19.4 Å². The predicted octanol–water partition coefficient (Wildman–Crippen LogP) is 3.93. The van der Waals surface area contributed by atoms with Crippen LogP contribution < -0.4 is 5.56 Å². The topological polar surface area (TPSA) is 87.9 Å². The number of aliphatic hydroxyl groups is 1. The van der Waals surface area contributed by atoms with Crippen molar-refractivity contribution in [2.24, 2.45) is 0 Å². The molecular weight excluding hydrogens is 535 g/mol. The number of esters is 1. The van der Waals surface area contributed by atoms with E-state index in [0.717, 1.165) is 49.2 Å². The van der Waals surface area contributed by atoms with Gasteiger partial charge in [0.2, 0.25) is 0 Å². The quantitative estimate of drug-likeness (QED) is 0.322. The van der Waals surface area contributed by atoms with Gasteiger partial charge in [0.05, 0.1) is 35.4 Å². The smallest absolute Gasteiger partial charge is 0.309 e. The van der Waals surface area contributed by atoms with Crippen LogP contribution in [0.5, 0.6) is 0 Å².